The van der Waals surface area contributed by atoms with E-state index in [1.165, 1.54) is 17.3 Å². The number of fused-ring (bicyclic) bond motifs is 1. The fourth-order valence-electron chi connectivity index (χ4n) is 3.57. The van der Waals surface area contributed by atoms with Crippen LogP contribution in [0.2, 0.25) is 0 Å². The maximum absolute atomic E-state index is 13.3. The van der Waals surface area contributed by atoms with Crippen LogP contribution in [-0.4, -0.2) is 29.6 Å². The van der Waals surface area contributed by atoms with Crippen LogP contribution in [0.4, 0.5) is 5.69 Å². The van der Waals surface area contributed by atoms with E-state index >= 15 is 0 Å². The zero-order valence-electron chi connectivity index (χ0n) is 18.1. The highest BCUT2D eigenvalue weighted by atomic mass is 32.2. The lowest BCUT2D eigenvalue weighted by molar-refractivity contribution is -0.122. The minimum Gasteiger partial charge on any atom is -0.496 e. The lowest BCUT2D eigenvalue weighted by Gasteiger charge is -2.14. The molecule has 0 aromatic heterocycles. The first kappa shape index (κ1) is 21.2. The summed E-state index contributed by atoms with van der Waals surface area (Å²) >= 11 is 1.45. The SMILES string of the molecule is CCCCN1C(=O)/C(=C\c2ccc(OC)c3ccccc23)SC1=Nc1ccc(C)cc1. The molecule has 0 atom stereocenters. The Labute approximate surface area is 187 Å². The zero-order chi connectivity index (χ0) is 21.8. The summed E-state index contributed by atoms with van der Waals surface area (Å²) in [4.78, 5) is 20.6. The van der Waals surface area contributed by atoms with Gasteiger partial charge in [-0.15, -0.1) is 0 Å². The van der Waals surface area contributed by atoms with Gasteiger partial charge in [0.1, 0.15) is 5.75 Å². The van der Waals surface area contributed by atoms with Crippen LogP contribution < -0.4 is 4.74 Å². The maximum atomic E-state index is 13.3. The number of amidine groups is 1. The van der Waals surface area contributed by atoms with Gasteiger partial charge in [-0.1, -0.05) is 61.4 Å². The molecule has 158 valence electrons. The Morgan fingerprint density at radius 3 is 2.48 bits per heavy atom. The normalized spacial score (nSPS) is 16.6. The summed E-state index contributed by atoms with van der Waals surface area (Å²) in [5, 5.41) is 2.84. The number of carbonyl (C=O) groups is 1. The topological polar surface area (TPSA) is 41.9 Å². The number of benzene rings is 3. The van der Waals surface area contributed by atoms with Crippen LogP contribution in [-0.2, 0) is 4.79 Å². The van der Waals surface area contributed by atoms with Gasteiger partial charge >= 0.3 is 0 Å². The van der Waals surface area contributed by atoms with Crippen molar-refractivity contribution in [3.8, 4) is 5.75 Å². The Kier molecular flexibility index (Phi) is 6.42. The smallest absolute Gasteiger partial charge is 0.266 e. The van der Waals surface area contributed by atoms with Gasteiger partial charge in [-0.3, -0.25) is 9.69 Å². The molecule has 0 saturated carbocycles. The lowest BCUT2D eigenvalue weighted by Crippen LogP contribution is -2.30. The molecular weight excluding hydrogens is 404 g/mol. The first-order chi connectivity index (χ1) is 15.1. The van der Waals surface area contributed by atoms with E-state index in [4.69, 9.17) is 9.73 Å². The van der Waals surface area contributed by atoms with E-state index in [-0.39, 0.29) is 5.91 Å². The first-order valence-electron chi connectivity index (χ1n) is 10.5. The van der Waals surface area contributed by atoms with Gasteiger partial charge in [-0.05, 0) is 60.3 Å². The zero-order valence-corrected chi connectivity index (χ0v) is 18.9. The van der Waals surface area contributed by atoms with Gasteiger partial charge in [-0.25, -0.2) is 4.99 Å². The van der Waals surface area contributed by atoms with Crippen molar-refractivity contribution in [3.63, 3.8) is 0 Å². The van der Waals surface area contributed by atoms with Gasteiger partial charge in [0.15, 0.2) is 5.17 Å². The van der Waals surface area contributed by atoms with E-state index in [1.807, 2.05) is 65.6 Å². The van der Waals surface area contributed by atoms with E-state index in [0.29, 0.717) is 11.4 Å². The summed E-state index contributed by atoms with van der Waals surface area (Å²) < 4.78 is 5.51. The Morgan fingerprint density at radius 2 is 1.77 bits per heavy atom. The Hall–Kier alpha value is -3.05. The van der Waals surface area contributed by atoms with Gasteiger partial charge in [0.2, 0.25) is 0 Å². The number of thioether (sulfide) groups is 1. The predicted molar refractivity (Wildman–Crippen MR) is 131 cm³/mol. The van der Waals surface area contributed by atoms with Crippen LogP contribution in [0, 0.1) is 6.92 Å². The molecule has 0 unspecified atom stereocenters. The number of unbranched alkanes of at least 4 members (excludes halogenated alkanes) is 1. The summed E-state index contributed by atoms with van der Waals surface area (Å²) in [5.74, 6) is 0.846. The molecule has 3 aromatic carbocycles. The summed E-state index contributed by atoms with van der Waals surface area (Å²) in [5.41, 5.74) is 3.05. The number of amides is 1. The molecule has 4 nitrogen and oxygen atoms in total. The second-order valence-corrected chi connectivity index (χ2v) is 8.56. The standard InChI is InChI=1S/C26H26N2O2S/c1-4-5-16-28-25(29)24(31-26(28)27-20-13-10-18(2)11-14-20)17-19-12-15-23(30-3)22-9-7-6-8-21(19)22/h6-15,17H,4-5,16H2,1-3H3/b24-17+,27-26?. The van der Waals surface area contributed by atoms with Gasteiger partial charge in [-0.2, -0.15) is 0 Å². The number of rotatable bonds is 6. The molecule has 4 rings (SSSR count). The number of aliphatic imine (C=N–C) groups is 1. The summed E-state index contributed by atoms with van der Waals surface area (Å²) in [6.45, 7) is 4.86. The quantitative estimate of drug-likeness (QED) is 0.416. The van der Waals surface area contributed by atoms with Gasteiger partial charge in [0.05, 0.1) is 17.7 Å². The number of carbonyl (C=O) groups excluding carboxylic acids is 1. The minimum atomic E-state index is 0.0178. The molecule has 1 fully saturated rings. The van der Waals surface area contributed by atoms with Gasteiger partial charge in [0.25, 0.3) is 5.91 Å². The van der Waals surface area contributed by atoms with Crippen molar-refractivity contribution in [3.05, 3.63) is 76.7 Å². The third kappa shape index (κ3) is 4.52. The highest BCUT2D eigenvalue weighted by Crippen LogP contribution is 2.36. The summed E-state index contributed by atoms with van der Waals surface area (Å²) in [6, 6.07) is 20.1. The largest absolute Gasteiger partial charge is 0.496 e. The second-order valence-electron chi connectivity index (χ2n) is 7.55. The average Bonchev–Trinajstić information content (AvgIpc) is 3.08. The van der Waals surface area contributed by atoms with E-state index in [2.05, 4.69) is 19.9 Å². The summed E-state index contributed by atoms with van der Waals surface area (Å²) in [7, 11) is 1.68. The monoisotopic (exact) mass is 430 g/mol. The van der Waals surface area contributed by atoms with E-state index in [0.717, 1.165) is 45.8 Å². The van der Waals surface area contributed by atoms with Crippen LogP contribution >= 0.6 is 11.8 Å². The van der Waals surface area contributed by atoms with Crippen molar-refractivity contribution >= 4 is 45.4 Å². The molecule has 5 heteroatoms. The van der Waals surface area contributed by atoms with Crippen molar-refractivity contribution < 1.29 is 9.53 Å². The fourth-order valence-corrected chi connectivity index (χ4v) is 4.59. The van der Waals surface area contributed by atoms with Gasteiger partial charge < -0.3 is 4.74 Å². The molecule has 1 aliphatic heterocycles. The van der Waals surface area contributed by atoms with Crippen LogP contribution in [0.1, 0.15) is 30.9 Å². The molecule has 0 spiro atoms. The number of ether oxygens (including phenoxy) is 1. The summed E-state index contributed by atoms with van der Waals surface area (Å²) in [6.07, 6.45) is 3.94. The predicted octanol–water partition coefficient (Wildman–Crippen LogP) is 6.56. The number of aryl methyl sites for hydroxylation is 1. The molecule has 1 saturated heterocycles. The fraction of sp³-hybridized carbons (Fsp3) is 0.231. The number of hydrogen-bond acceptors (Lipinski definition) is 4. The Morgan fingerprint density at radius 1 is 1.03 bits per heavy atom. The van der Waals surface area contributed by atoms with Crippen molar-refractivity contribution in [2.75, 3.05) is 13.7 Å². The van der Waals surface area contributed by atoms with Crippen molar-refractivity contribution in [1.29, 1.82) is 0 Å². The third-order valence-electron chi connectivity index (χ3n) is 5.31. The van der Waals surface area contributed by atoms with E-state index < -0.39 is 0 Å². The minimum absolute atomic E-state index is 0.0178. The molecule has 0 aliphatic carbocycles. The lowest BCUT2D eigenvalue weighted by atomic mass is 10.0. The van der Waals surface area contributed by atoms with Crippen LogP contribution in [0.5, 0.6) is 5.75 Å². The van der Waals surface area contributed by atoms with Crippen LogP contribution in [0.3, 0.4) is 0 Å². The number of nitrogens with zero attached hydrogens (tertiary/aromatic N) is 2. The van der Waals surface area contributed by atoms with E-state index in [1.54, 1.807) is 7.11 Å². The molecule has 0 bridgehead atoms. The van der Waals surface area contributed by atoms with Crippen molar-refractivity contribution in [2.24, 2.45) is 4.99 Å². The first-order valence-corrected chi connectivity index (χ1v) is 11.3. The number of methoxy groups -OCH3 is 1. The molecule has 1 aliphatic rings. The van der Waals surface area contributed by atoms with Crippen LogP contribution in [0.25, 0.3) is 16.8 Å². The number of hydrogen-bond donors (Lipinski definition) is 0. The molecule has 0 N–H and O–H groups in total. The highest BCUT2D eigenvalue weighted by Gasteiger charge is 2.33. The molecule has 1 heterocycles. The average molecular weight is 431 g/mol. The maximum Gasteiger partial charge on any atom is 0.266 e. The Bertz CT molecular complexity index is 1170. The molecular formula is C26H26N2O2S. The molecule has 0 radical (unpaired) electrons. The highest BCUT2D eigenvalue weighted by molar-refractivity contribution is 8.18. The molecule has 3 aromatic rings. The Balaban J connectivity index is 1.74. The second kappa shape index (κ2) is 9.40. The molecule has 1 amide bonds. The van der Waals surface area contributed by atoms with Crippen molar-refractivity contribution in [2.45, 2.75) is 26.7 Å². The van der Waals surface area contributed by atoms with E-state index in [9.17, 15) is 4.79 Å². The van der Waals surface area contributed by atoms with Crippen LogP contribution in [0.15, 0.2) is 70.6 Å². The van der Waals surface area contributed by atoms with Crippen molar-refractivity contribution in [1.82, 2.24) is 4.90 Å². The molecule has 31 heavy (non-hydrogen) atoms. The third-order valence-corrected chi connectivity index (χ3v) is 6.31. The van der Waals surface area contributed by atoms with Gasteiger partial charge in [0, 0.05) is 11.9 Å².